The quantitative estimate of drug-likeness (QED) is 0.339. The summed E-state index contributed by atoms with van der Waals surface area (Å²) in [6.07, 6.45) is 0. The summed E-state index contributed by atoms with van der Waals surface area (Å²) in [6.45, 7) is 0. The minimum Gasteiger partial charge on any atom is -0.354 e. The Morgan fingerprint density at radius 2 is 1.21 bits per heavy atom. The number of rotatable bonds is 0. The number of nitrogens with one attached hydrogen (secondary N) is 2. The molecule has 0 aliphatic carbocycles. The largest absolute Gasteiger partial charge is 0.354 e. The third-order valence-electron chi connectivity index (χ3n) is 5.11. The van der Waals surface area contributed by atoms with Gasteiger partial charge in [-0.2, -0.15) is 0 Å². The van der Waals surface area contributed by atoms with E-state index in [0.29, 0.717) is 0 Å². The first-order chi connectivity index (χ1) is 11.9. The van der Waals surface area contributed by atoms with Crippen LogP contribution in [0.1, 0.15) is 0 Å². The lowest BCUT2D eigenvalue weighted by Crippen LogP contribution is -1.74. The minimum atomic E-state index is 1.18. The van der Waals surface area contributed by atoms with Crippen molar-refractivity contribution in [3.05, 3.63) is 72.8 Å². The standard InChI is InChI=1S/C22H14N2/c1-2-6-14-13(5-1)9-10-19-22(14)17-11-16-15-7-3-4-8-18(15)23-20(16)12-21(17)24-19/h1-12,23-24H. The lowest BCUT2D eigenvalue weighted by molar-refractivity contribution is 1.53. The van der Waals surface area contributed by atoms with Gasteiger partial charge in [0.2, 0.25) is 0 Å². The molecule has 0 amide bonds. The SMILES string of the molecule is c1ccc2c(c1)ccc1[nH]c3cc4[nH]c5ccccc5c4cc3c12. The van der Waals surface area contributed by atoms with Gasteiger partial charge >= 0.3 is 0 Å². The summed E-state index contributed by atoms with van der Waals surface area (Å²) < 4.78 is 0. The third-order valence-corrected chi connectivity index (χ3v) is 5.11. The van der Waals surface area contributed by atoms with Crippen LogP contribution in [-0.4, -0.2) is 9.97 Å². The maximum atomic E-state index is 3.59. The van der Waals surface area contributed by atoms with Gasteiger partial charge in [0.15, 0.2) is 0 Å². The van der Waals surface area contributed by atoms with E-state index in [1.807, 2.05) is 0 Å². The van der Waals surface area contributed by atoms with Gasteiger partial charge in [-0.25, -0.2) is 0 Å². The van der Waals surface area contributed by atoms with E-state index in [1.165, 1.54) is 54.4 Å². The summed E-state index contributed by atoms with van der Waals surface area (Å²) in [4.78, 5) is 7.12. The molecule has 4 aromatic carbocycles. The molecule has 0 bridgehead atoms. The van der Waals surface area contributed by atoms with Crippen LogP contribution in [0.3, 0.4) is 0 Å². The van der Waals surface area contributed by atoms with Gasteiger partial charge in [0.1, 0.15) is 0 Å². The monoisotopic (exact) mass is 306 g/mol. The first kappa shape index (κ1) is 12.2. The summed E-state index contributed by atoms with van der Waals surface area (Å²) in [5, 5.41) is 7.76. The normalized spacial score (nSPS) is 12.2. The van der Waals surface area contributed by atoms with Crippen LogP contribution in [-0.2, 0) is 0 Å². The molecule has 2 N–H and O–H groups in total. The number of aromatic amines is 2. The Kier molecular flexibility index (Phi) is 2.12. The van der Waals surface area contributed by atoms with Gasteiger partial charge in [-0.15, -0.1) is 0 Å². The van der Waals surface area contributed by atoms with E-state index < -0.39 is 0 Å². The summed E-state index contributed by atoms with van der Waals surface area (Å²) in [5.41, 5.74) is 4.75. The highest BCUT2D eigenvalue weighted by molar-refractivity contribution is 6.23. The Morgan fingerprint density at radius 3 is 2.17 bits per heavy atom. The minimum absolute atomic E-state index is 1.18. The molecule has 0 saturated carbocycles. The molecular weight excluding hydrogens is 292 g/mol. The van der Waals surface area contributed by atoms with Crippen molar-refractivity contribution in [2.45, 2.75) is 0 Å². The molecule has 6 aromatic rings. The van der Waals surface area contributed by atoms with Crippen LogP contribution < -0.4 is 0 Å². The first-order valence-corrected chi connectivity index (χ1v) is 8.22. The Labute approximate surface area is 137 Å². The van der Waals surface area contributed by atoms with E-state index in [9.17, 15) is 0 Å². The van der Waals surface area contributed by atoms with Crippen molar-refractivity contribution in [2.24, 2.45) is 0 Å². The van der Waals surface area contributed by atoms with E-state index in [1.54, 1.807) is 0 Å². The fraction of sp³-hybridized carbons (Fsp3) is 0. The summed E-state index contributed by atoms with van der Waals surface area (Å²) in [5.74, 6) is 0. The predicted octanol–water partition coefficient (Wildman–Crippen LogP) is 6.11. The van der Waals surface area contributed by atoms with Gasteiger partial charge < -0.3 is 9.97 Å². The smallest absolute Gasteiger partial charge is 0.0486 e. The topological polar surface area (TPSA) is 31.6 Å². The van der Waals surface area contributed by atoms with Gasteiger partial charge in [0.05, 0.1) is 0 Å². The number of benzene rings is 4. The average molecular weight is 306 g/mol. The van der Waals surface area contributed by atoms with Crippen LogP contribution in [0.5, 0.6) is 0 Å². The van der Waals surface area contributed by atoms with E-state index in [0.717, 1.165) is 0 Å². The van der Waals surface area contributed by atoms with Crippen LogP contribution in [0.4, 0.5) is 0 Å². The predicted molar refractivity (Wildman–Crippen MR) is 103 cm³/mol. The molecule has 2 heterocycles. The molecule has 0 spiro atoms. The molecule has 0 aliphatic rings. The Hall–Kier alpha value is -3.26. The average Bonchev–Trinajstić information content (AvgIpc) is 3.17. The Bertz CT molecular complexity index is 1400. The molecule has 6 rings (SSSR count). The number of hydrogen-bond acceptors (Lipinski definition) is 0. The number of para-hydroxylation sites is 1. The van der Waals surface area contributed by atoms with E-state index >= 15 is 0 Å². The van der Waals surface area contributed by atoms with Crippen molar-refractivity contribution < 1.29 is 0 Å². The number of hydrogen-bond donors (Lipinski definition) is 2. The number of aromatic nitrogens is 2. The molecule has 0 saturated heterocycles. The first-order valence-electron chi connectivity index (χ1n) is 8.22. The zero-order valence-corrected chi connectivity index (χ0v) is 12.9. The second kappa shape index (κ2) is 4.18. The van der Waals surface area contributed by atoms with Crippen LogP contribution in [0.25, 0.3) is 54.4 Å². The maximum absolute atomic E-state index is 3.59. The molecule has 24 heavy (non-hydrogen) atoms. The van der Waals surface area contributed by atoms with Crippen molar-refractivity contribution in [3.63, 3.8) is 0 Å². The maximum Gasteiger partial charge on any atom is 0.0486 e. The fourth-order valence-corrected chi connectivity index (χ4v) is 4.02. The highest BCUT2D eigenvalue weighted by Crippen LogP contribution is 2.36. The van der Waals surface area contributed by atoms with Gasteiger partial charge in [-0.3, -0.25) is 0 Å². The zero-order chi connectivity index (χ0) is 15.7. The second-order valence-corrected chi connectivity index (χ2v) is 6.45. The van der Waals surface area contributed by atoms with Crippen molar-refractivity contribution in [3.8, 4) is 0 Å². The van der Waals surface area contributed by atoms with Crippen LogP contribution >= 0.6 is 0 Å². The highest BCUT2D eigenvalue weighted by atomic mass is 14.7. The molecule has 2 heteroatoms. The Balaban J connectivity index is 1.89. The second-order valence-electron chi connectivity index (χ2n) is 6.45. The van der Waals surface area contributed by atoms with Crippen molar-refractivity contribution in [1.82, 2.24) is 9.97 Å². The Morgan fingerprint density at radius 1 is 0.458 bits per heavy atom. The zero-order valence-electron chi connectivity index (χ0n) is 12.9. The van der Waals surface area contributed by atoms with Gasteiger partial charge in [-0.1, -0.05) is 48.5 Å². The lowest BCUT2D eigenvalue weighted by Gasteiger charge is -2.00. The molecule has 112 valence electrons. The summed E-state index contributed by atoms with van der Waals surface area (Å²) in [7, 11) is 0. The summed E-state index contributed by atoms with van der Waals surface area (Å²) >= 11 is 0. The molecule has 0 radical (unpaired) electrons. The van der Waals surface area contributed by atoms with Crippen LogP contribution in [0.2, 0.25) is 0 Å². The van der Waals surface area contributed by atoms with Crippen molar-refractivity contribution in [2.75, 3.05) is 0 Å². The number of H-pyrrole nitrogens is 2. The van der Waals surface area contributed by atoms with Crippen molar-refractivity contribution in [1.29, 1.82) is 0 Å². The fourth-order valence-electron chi connectivity index (χ4n) is 4.02. The van der Waals surface area contributed by atoms with Gasteiger partial charge in [0.25, 0.3) is 0 Å². The lowest BCUT2D eigenvalue weighted by atomic mass is 10.0. The molecule has 0 atom stereocenters. The molecule has 2 aromatic heterocycles. The van der Waals surface area contributed by atoms with Crippen LogP contribution in [0.15, 0.2) is 72.8 Å². The number of fused-ring (bicyclic) bond motifs is 8. The van der Waals surface area contributed by atoms with Crippen LogP contribution in [0, 0.1) is 0 Å². The summed E-state index contributed by atoms with van der Waals surface area (Å²) in [6, 6.07) is 26.0. The van der Waals surface area contributed by atoms with Gasteiger partial charge in [0, 0.05) is 43.6 Å². The molecule has 2 nitrogen and oxygen atoms in total. The van der Waals surface area contributed by atoms with E-state index in [-0.39, 0.29) is 0 Å². The highest BCUT2D eigenvalue weighted by Gasteiger charge is 2.11. The molecule has 0 aliphatic heterocycles. The van der Waals surface area contributed by atoms with Crippen molar-refractivity contribution >= 4 is 54.4 Å². The van der Waals surface area contributed by atoms with E-state index in [2.05, 4.69) is 82.8 Å². The van der Waals surface area contributed by atoms with E-state index in [4.69, 9.17) is 0 Å². The molecule has 0 fully saturated rings. The molecule has 0 unspecified atom stereocenters. The van der Waals surface area contributed by atoms with Gasteiger partial charge in [-0.05, 0) is 35.0 Å². The third kappa shape index (κ3) is 1.45. The molecular formula is C22H14N2.